The summed E-state index contributed by atoms with van der Waals surface area (Å²) in [4.78, 5) is 32.0. The van der Waals surface area contributed by atoms with Crippen molar-refractivity contribution < 1.29 is 14.3 Å². The predicted octanol–water partition coefficient (Wildman–Crippen LogP) is 2.86. The van der Waals surface area contributed by atoms with Gasteiger partial charge in [0, 0.05) is 23.0 Å². The molecule has 0 aliphatic rings. The maximum atomic E-state index is 11.9. The molecule has 0 spiro atoms. The normalized spacial score (nSPS) is 10.1. The minimum Gasteiger partial charge on any atom is -0.425 e. The van der Waals surface area contributed by atoms with Gasteiger partial charge in [-0.1, -0.05) is 18.2 Å². The Morgan fingerprint density at radius 2 is 1.74 bits per heavy atom. The standard InChI is InChI=1S/C20H18N4O3/c1-14-11-18(23-13-22-14)24-16-7-9-17(10-8-16)27-19(25)12-21-20(26)15-5-3-2-4-6-15/h2-11,13H,12H2,1H3,(H,21,26)(H,22,23,24). The van der Waals surface area contributed by atoms with Crippen molar-refractivity contribution in [2.45, 2.75) is 6.92 Å². The first-order valence-corrected chi connectivity index (χ1v) is 8.30. The quantitative estimate of drug-likeness (QED) is 0.517. The summed E-state index contributed by atoms with van der Waals surface area (Å²) in [5.74, 6) is 0.188. The molecular weight excluding hydrogens is 344 g/mol. The number of hydrogen-bond donors (Lipinski definition) is 2. The van der Waals surface area contributed by atoms with Gasteiger partial charge in [0.05, 0.1) is 0 Å². The number of carbonyl (C=O) groups is 2. The average Bonchev–Trinajstić information content (AvgIpc) is 2.68. The summed E-state index contributed by atoms with van der Waals surface area (Å²) in [5, 5.41) is 5.66. The number of anilines is 2. The number of rotatable bonds is 6. The zero-order chi connectivity index (χ0) is 19.1. The summed E-state index contributed by atoms with van der Waals surface area (Å²) >= 11 is 0. The number of amides is 1. The first-order chi connectivity index (χ1) is 13.1. The van der Waals surface area contributed by atoms with Crippen molar-refractivity contribution in [1.82, 2.24) is 15.3 Å². The molecule has 136 valence electrons. The average molecular weight is 362 g/mol. The molecule has 3 rings (SSSR count). The molecule has 0 aliphatic heterocycles. The number of carbonyl (C=O) groups excluding carboxylic acids is 2. The molecule has 0 saturated heterocycles. The second-order valence-electron chi connectivity index (χ2n) is 5.72. The van der Waals surface area contributed by atoms with Crippen LogP contribution >= 0.6 is 0 Å². The van der Waals surface area contributed by atoms with E-state index in [0.29, 0.717) is 17.1 Å². The molecule has 7 heteroatoms. The molecule has 0 aliphatic carbocycles. The van der Waals surface area contributed by atoms with Gasteiger partial charge in [-0.15, -0.1) is 0 Å². The Hall–Kier alpha value is -3.74. The minimum absolute atomic E-state index is 0.214. The van der Waals surface area contributed by atoms with Crippen molar-refractivity contribution in [3.8, 4) is 5.75 Å². The molecule has 0 bridgehead atoms. The molecule has 1 amide bonds. The van der Waals surface area contributed by atoms with Crippen LogP contribution in [0.5, 0.6) is 5.75 Å². The van der Waals surface area contributed by atoms with Gasteiger partial charge in [0.1, 0.15) is 24.4 Å². The van der Waals surface area contributed by atoms with Crippen LogP contribution < -0.4 is 15.4 Å². The first kappa shape index (κ1) is 18.1. The van der Waals surface area contributed by atoms with Crippen LogP contribution in [0.25, 0.3) is 0 Å². The summed E-state index contributed by atoms with van der Waals surface area (Å²) < 4.78 is 5.22. The molecule has 2 N–H and O–H groups in total. The van der Waals surface area contributed by atoms with Crippen molar-refractivity contribution in [3.63, 3.8) is 0 Å². The molecule has 0 atom stereocenters. The number of nitrogens with one attached hydrogen (secondary N) is 2. The smallest absolute Gasteiger partial charge is 0.330 e. The monoisotopic (exact) mass is 362 g/mol. The molecule has 3 aromatic rings. The Morgan fingerprint density at radius 3 is 2.44 bits per heavy atom. The van der Waals surface area contributed by atoms with Crippen LogP contribution in [-0.2, 0) is 4.79 Å². The van der Waals surface area contributed by atoms with E-state index in [1.54, 1.807) is 48.5 Å². The molecular formula is C20H18N4O3. The maximum absolute atomic E-state index is 11.9. The zero-order valence-electron chi connectivity index (χ0n) is 14.7. The van der Waals surface area contributed by atoms with E-state index in [-0.39, 0.29) is 12.5 Å². The van der Waals surface area contributed by atoms with Crippen molar-refractivity contribution in [2.24, 2.45) is 0 Å². The Kier molecular flexibility index (Phi) is 5.73. The number of esters is 1. The summed E-state index contributed by atoms with van der Waals surface area (Å²) in [6.45, 7) is 1.67. The van der Waals surface area contributed by atoms with Crippen LogP contribution in [0, 0.1) is 6.92 Å². The van der Waals surface area contributed by atoms with E-state index in [9.17, 15) is 9.59 Å². The van der Waals surface area contributed by atoms with E-state index in [4.69, 9.17) is 4.74 Å². The largest absolute Gasteiger partial charge is 0.425 e. The Morgan fingerprint density at radius 1 is 1.00 bits per heavy atom. The fraction of sp³-hybridized carbons (Fsp3) is 0.100. The molecule has 7 nitrogen and oxygen atoms in total. The summed E-state index contributed by atoms with van der Waals surface area (Å²) in [7, 11) is 0. The summed E-state index contributed by atoms with van der Waals surface area (Å²) in [6, 6.07) is 17.3. The SMILES string of the molecule is Cc1cc(Nc2ccc(OC(=O)CNC(=O)c3ccccc3)cc2)ncn1. The molecule has 1 heterocycles. The van der Waals surface area contributed by atoms with Crippen LogP contribution in [0.3, 0.4) is 0 Å². The maximum Gasteiger partial charge on any atom is 0.330 e. The van der Waals surface area contributed by atoms with Crippen LogP contribution in [0.1, 0.15) is 16.1 Å². The topological polar surface area (TPSA) is 93.2 Å². The molecule has 0 fully saturated rings. The lowest BCUT2D eigenvalue weighted by Crippen LogP contribution is -2.31. The van der Waals surface area contributed by atoms with Crippen molar-refractivity contribution in [1.29, 1.82) is 0 Å². The van der Waals surface area contributed by atoms with Gasteiger partial charge in [-0.2, -0.15) is 0 Å². The predicted molar refractivity (Wildman–Crippen MR) is 101 cm³/mol. The summed E-state index contributed by atoms with van der Waals surface area (Å²) in [5.41, 5.74) is 2.14. The Labute approximate surface area is 156 Å². The molecule has 0 unspecified atom stereocenters. The second-order valence-corrected chi connectivity index (χ2v) is 5.72. The fourth-order valence-electron chi connectivity index (χ4n) is 2.29. The second kappa shape index (κ2) is 8.57. The van der Waals surface area contributed by atoms with Gasteiger partial charge < -0.3 is 15.4 Å². The summed E-state index contributed by atoms with van der Waals surface area (Å²) in [6.07, 6.45) is 1.48. The minimum atomic E-state index is -0.550. The van der Waals surface area contributed by atoms with Crippen LogP contribution in [0.15, 0.2) is 67.0 Å². The van der Waals surface area contributed by atoms with Crippen molar-refractivity contribution >= 4 is 23.4 Å². The highest BCUT2D eigenvalue weighted by atomic mass is 16.5. The van der Waals surface area contributed by atoms with E-state index in [0.717, 1.165) is 11.4 Å². The van der Waals surface area contributed by atoms with E-state index >= 15 is 0 Å². The van der Waals surface area contributed by atoms with E-state index in [1.165, 1.54) is 6.33 Å². The molecule has 2 aromatic carbocycles. The van der Waals surface area contributed by atoms with Gasteiger partial charge in [-0.25, -0.2) is 14.8 Å². The number of nitrogens with zero attached hydrogens (tertiary/aromatic N) is 2. The number of aromatic nitrogens is 2. The van der Waals surface area contributed by atoms with Crippen LogP contribution in [-0.4, -0.2) is 28.4 Å². The van der Waals surface area contributed by atoms with E-state index in [1.807, 2.05) is 19.1 Å². The zero-order valence-corrected chi connectivity index (χ0v) is 14.7. The number of hydrogen-bond acceptors (Lipinski definition) is 6. The molecule has 27 heavy (non-hydrogen) atoms. The van der Waals surface area contributed by atoms with Crippen LogP contribution in [0.2, 0.25) is 0 Å². The number of ether oxygens (including phenoxy) is 1. The van der Waals surface area contributed by atoms with E-state index < -0.39 is 5.97 Å². The number of aryl methyl sites for hydroxylation is 1. The first-order valence-electron chi connectivity index (χ1n) is 8.30. The van der Waals surface area contributed by atoms with Gasteiger partial charge in [0.2, 0.25) is 0 Å². The lowest BCUT2D eigenvalue weighted by Gasteiger charge is -2.08. The highest BCUT2D eigenvalue weighted by Gasteiger charge is 2.09. The number of benzene rings is 2. The lowest BCUT2D eigenvalue weighted by atomic mass is 10.2. The third-order valence-corrected chi connectivity index (χ3v) is 3.59. The third kappa shape index (κ3) is 5.37. The lowest BCUT2D eigenvalue weighted by molar-refractivity contribution is -0.133. The molecule has 0 radical (unpaired) electrons. The molecule has 0 saturated carbocycles. The van der Waals surface area contributed by atoms with Crippen molar-refractivity contribution in [3.05, 3.63) is 78.2 Å². The third-order valence-electron chi connectivity index (χ3n) is 3.59. The highest BCUT2D eigenvalue weighted by molar-refractivity contribution is 5.96. The Bertz CT molecular complexity index is 927. The molecule has 1 aromatic heterocycles. The van der Waals surface area contributed by atoms with Gasteiger partial charge in [0.25, 0.3) is 5.91 Å². The van der Waals surface area contributed by atoms with Gasteiger partial charge >= 0.3 is 5.97 Å². The van der Waals surface area contributed by atoms with E-state index in [2.05, 4.69) is 20.6 Å². The van der Waals surface area contributed by atoms with Gasteiger partial charge in [0.15, 0.2) is 0 Å². The van der Waals surface area contributed by atoms with Crippen LogP contribution in [0.4, 0.5) is 11.5 Å². The fourth-order valence-corrected chi connectivity index (χ4v) is 2.29. The van der Waals surface area contributed by atoms with Gasteiger partial charge in [-0.3, -0.25) is 4.79 Å². The Balaban J connectivity index is 1.50. The van der Waals surface area contributed by atoms with Crippen molar-refractivity contribution in [2.75, 3.05) is 11.9 Å². The van der Waals surface area contributed by atoms with Gasteiger partial charge in [-0.05, 0) is 43.3 Å². The highest BCUT2D eigenvalue weighted by Crippen LogP contribution is 2.19.